The van der Waals surface area contributed by atoms with Crippen LogP contribution in [-0.2, 0) is 16.0 Å². The number of hydrogen-bond donors (Lipinski definition) is 0. The van der Waals surface area contributed by atoms with Crippen LogP contribution >= 0.6 is 11.3 Å². The Balaban J connectivity index is 2.02. The molecule has 0 aliphatic carbocycles. The van der Waals surface area contributed by atoms with E-state index in [1.807, 2.05) is 17.5 Å². The third kappa shape index (κ3) is 2.72. The standard InChI is InChI=1S/C13H18N2O2S/c1-14(2)13(17)11-6-3-7-15(11)12(16)9-10-5-4-8-18-10/h4-5,8,11H,3,6-7,9H2,1-2H3. The molecule has 1 fully saturated rings. The van der Waals surface area contributed by atoms with Gasteiger partial charge in [-0.25, -0.2) is 0 Å². The fourth-order valence-electron chi connectivity index (χ4n) is 2.28. The monoisotopic (exact) mass is 266 g/mol. The number of likely N-dealkylation sites (tertiary alicyclic amines) is 1. The second-order valence-electron chi connectivity index (χ2n) is 4.73. The molecule has 1 unspecified atom stereocenters. The first-order valence-electron chi connectivity index (χ1n) is 6.12. The highest BCUT2D eigenvalue weighted by molar-refractivity contribution is 7.10. The predicted octanol–water partition coefficient (Wildman–Crippen LogP) is 1.37. The van der Waals surface area contributed by atoms with Crippen molar-refractivity contribution in [1.82, 2.24) is 9.80 Å². The largest absolute Gasteiger partial charge is 0.347 e. The zero-order valence-electron chi connectivity index (χ0n) is 10.8. The van der Waals surface area contributed by atoms with E-state index in [0.29, 0.717) is 13.0 Å². The van der Waals surface area contributed by atoms with Crippen molar-refractivity contribution < 1.29 is 9.59 Å². The number of rotatable bonds is 3. The summed E-state index contributed by atoms with van der Waals surface area (Å²) >= 11 is 1.58. The highest BCUT2D eigenvalue weighted by atomic mass is 32.1. The van der Waals surface area contributed by atoms with Crippen LogP contribution in [0.25, 0.3) is 0 Å². The second-order valence-corrected chi connectivity index (χ2v) is 5.77. The summed E-state index contributed by atoms with van der Waals surface area (Å²) in [6.07, 6.45) is 2.11. The van der Waals surface area contributed by atoms with Crippen molar-refractivity contribution in [3.05, 3.63) is 22.4 Å². The molecule has 0 saturated carbocycles. The molecule has 18 heavy (non-hydrogen) atoms. The molecule has 2 rings (SSSR count). The quantitative estimate of drug-likeness (QED) is 0.829. The summed E-state index contributed by atoms with van der Waals surface area (Å²) in [5.74, 6) is 0.0992. The van der Waals surface area contributed by atoms with E-state index in [1.165, 1.54) is 0 Å². The Morgan fingerprint density at radius 1 is 1.50 bits per heavy atom. The summed E-state index contributed by atoms with van der Waals surface area (Å²) in [6, 6.07) is 3.65. The Hall–Kier alpha value is -1.36. The van der Waals surface area contributed by atoms with E-state index in [9.17, 15) is 9.59 Å². The Labute approximate surface area is 111 Å². The SMILES string of the molecule is CN(C)C(=O)C1CCCN1C(=O)Cc1cccs1. The number of carbonyl (C=O) groups excluding carboxylic acids is 2. The highest BCUT2D eigenvalue weighted by Crippen LogP contribution is 2.21. The summed E-state index contributed by atoms with van der Waals surface area (Å²) in [7, 11) is 3.48. The van der Waals surface area contributed by atoms with Crippen LogP contribution in [0.2, 0.25) is 0 Å². The minimum atomic E-state index is -0.257. The maximum atomic E-state index is 12.2. The van der Waals surface area contributed by atoms with Crippen molar-refractivity contribution in [2.75, 3.05) is 20.6 Å². The second kappa shape index (κ2) is 5.52. The van der Waals surface area contributed by atoms with Crippen molar-refractivity contribution in [2.45, 2.75) is 25.3 Å². The van der Waals surface area contributed by atoms with Crippen molar-refractivity contribution in [3.63, 3.8) is 0 Å². The molecule has 0 radical (unpaired) electrons. The van der Waals surface area contributed by atoms with Crippen LogP contribution < -0.4 is 0 Å². The van der Waals surface area contributed by atoms with Gasteiger partial charge in [0.1, 0.15) is 6.04 Å². The van der Waals surface area contributed by atoms with Gasteiger partial charge >= 0.3 is 0 Å². The van der Waals surface area contributed by atoms with Gasteiger partial charge in [0.05, 0.1) is 6.42 Å². The Bertz CT molecular complexity index is 428. The van der Waals surface area contributed by atoms with E-state index in [2.05, 4.69) is 0 Å². The number of hydrogen-bond acceptors (Lipinski definition) is 3. The molecular weight excluding hydrogens is 248 g/mol. The summed E-state index contributed by atoms with van der Waals surface area (Å²) in [5.41, 5.74) is 0. The molecule has 1 aliphatic heterocycles. The zero-order chi connectivity index (χ0) is 13.1. The first-order valence-corrected chi connectivity index (χ1v) is 7.00. The van der Waals surface area contributed by atoms with Crippen LogP contribution in [0.3, 0.4) is 0 Å². The van der Waals surface area contributed by atoms with Crippen LogP contribution in [0, 0.1) is 0 Å². The molecule has 0 bridgehead atoms. The number of amides is 2. The Morgan fingerprint density at radius 3 is 2.89 bits per heavy atom. The third-order valence-corrected chi connectivity index (χ3v) is 4.08. The number of likely N-dealkylation sites (N-methyl/N-ethyl adjacent to an activating group) is 1. The lowest BCUT2D eigenvalue weighted by Gasteiger charge is -2.26. The van der Waals surface area contributed by atoms with Crippen LogP contribution in [0.15, 0.2) is 17.5 Å². The molecule has 5 heteroatoms. The minimum Gasteiger partial charge on any atom is -0.347 e. The third-order valence-electron chi connectivity index (χ3n) is 3.20. The first kappa shape index (κ1) is 13.1. The molecule has 0 N–H and O–H groups in total. The fourth-order valence-corrected chi connectivity index (χ4v) is 2.98. The molecule has 2 heterocycles. The maximum Gasteiger partial charge on any atom is 0.244 e. The van der Waals surface area contributed by atoms with Crippen molar-refractivity contribution >= 4 is 23.2 Å². The summed E-state index contributed by atoms with van der Waals surface area (Å²) in [6.45, 7) is 0.703. The van der Waals surface area contributed by atoms with Gasteiger partial charge in [-0.3, -0.25) is 9.59 Å². The lowest BCUT2D eigenvalue weighted by atomic mass is 10.2. The van der Waals surface area contributed by atoms with E-state index in [-0.39, 0.29) is 17.9 Å². The lowest BCUT2D eigenvalue weighted by Crippen LogP contribution is -2.45. The molecular formula is C13H18N2O2S. The smallest absolute Gasteiger partial charge is 0.244 e. The molecule has 1 aromatic heterocycles. The van der Waals surface area contributed by atoms with E-state index in [4.69, 9.17) is 0 Å². The van der Waals surface area contributed by atoms with Gasteiger partial charge in [-0.1, -0.05) is 6.07 Å². The average molecular weight is 266 g/mol. The molecule has 1 aliphatic rings. The molecule has 4 nitrogen and oxygen atoms in total. The van der Waals surface area contributed by atoms with Crippen LogP contribution in [0.4, 0.5) is 0 Å². The number of nitrogens with zero attached hydrogens (tertiary/aromatic N) is 2. The number of thiophene rings is 1. The first-order chi connectivity index (χ1) is 8.59. The molecule has 1 aromatic rings. The van der Waals surface area contributed by atoms with Gasteiger partial charge in [-0.2, -0.15) is 0 Å². The van der Waals surface area contributed by atoms with Gasteiger partial charge in [-0.15, -0.1) is 11.3 Å². The average Bonchev–Trinajstić information content (AvgIpc) is 2.97. The molecule has 1 saturated heterocycles. The summed E-state index contributed by atoms with van der Waals surface area (Å²) in [4.78, 5) is 28.6. The van der Waals surface area contributed by atoms with Gasteiger partial charge in [0.2, 0.25) is 11.8 Å². The van der Waals surface area contributed by atoms with Gasteiger partial charge in [0.15, 0.2) is 0 Å². The molecule has 2 amide bonds. The minimum absolute atomic E-state index is 0.0343. The lowest BCUT2D eigenvalue weighted by molar-refractivity contribution is -0.141. The van der Waals surface area contributed by atoms with Gasteiger partial charge in [0, 0.05) is 25.5 Å². The molecule has 1 atom stereocenters. The van der Waals surface area contributed by atoms with Crippen LogP contribution in [0.5, 0.6) is 0 Å². The molecule has 98 valence electrons. The van der Waals surface area contributed by atoms with Crippen molar-refractivity contribution in [2.24, 2.45) is 0 Å². The summed E-state index contributed by atoms with van der Waals surface area (Å²) in [5, 5.41) is 1.97. The van der Waals surface area contributed by atoms with Gasteiger partial charge in [-0.05, 0) is 24.3 Å². The van der Waals surface area contributed by atoms with Crippen LogP contribution in [-0.4, -0.2) is 48.3 Å². The van der Waals surface area contributed by atoms with Crippen molar-refractivity contribution in [1.29, 1.82) is 0 Å². The molecule has 0 spiro atoms. The fraction of sp³-hybridized carbons (Fsp3) is 0.538. The topological polar surface area (TPSA) is 40.6 Å². The van der Waals surface area contributed by atoms with Crippen molar-refractivity contribution in [3.8, 4) is 0 Å². The highest BCUT2D eigenvalue weighted by Gasteiger charge is 2.34. The Kier molecular flexibility index (Phi) is 4.01. The van der Waals surface area contributed by atoms with Gasteiger partial charge in [0.25, 0.3) is 0 Å². The summed E-state index contributed by atoms with van der Waals surface area (Å²) < 4.78 is 0. The van der Waals surface area contributed by atoms with Gasteiger partial charge < -0.3 is 9.80 Å². The van der Waals surface area contributed by atoms with E-state index >= 15 is 0 Å². The van der Waals surface area contributed by atoms with Crippen LogP contribution in [0.1, 0.15) is 17.7 Å². The zero-order valence-corrected chi connectivity index (χ0v) is 11.6. The molecule has 0 aromatic carbocycles. The number of carbonyl (C=O) groups is 2. The Morgan fingerprint density at radius 2 is 2.28 bits per heavy atom. The normalized spacial score (nSPS) is 19.0. The van der Waals surface area contributed by atoms with E-state index in [1.54, 1.807) is 35.2 Å². The van der Waals surface area contributed by atoms with E-state index in [0.717, 1.165) is 17.7 Å². The maximum absolute atomic E-state index is 12.2. The predicted molar refractivity (Wildman–Crippen MR) is 71.5 cm³/mol. The van der Waals surface area contributed by atoms with E-state index < -0.39 is 0 Å².